The van der Waals surface area contributed by atoms with Crippen LogP contribution in [-0.2, 0) is 9.59 Å². The fourth-order valence-electron chi connectivity index (χ4n) is 2.47. The summed E-state index contributed by atoms with van der Waals surface area (Å²) >= 11 is 0. The predicted octanol–water partition coefficient (Wildman–Crippen LogP) is -2.09. The largest absolute Gasteiger partial charge is 0.363 e. The Bertz CT molecular complexity index is 333. The zero-order valence-corrected chi connectivity index (χ0v) is 12.1. The number of carbonyl (C=O) groups excluding carboxylic acids is 2. The lowest BCUT2D eigenvalue weighted by Gasteiger charge is -2.15. The molecule has 0 aliphatic carbocycles. The molecular weight excluding hydrogens is 254 g/mol. The molecule has 2 fully saturated rings. The monoisotopic (exact) mass is 276 g/mol. The Morgan fingerprint density at radius 2 is 2.10 bits per heavy atom. The number of Topliss-reactive ketones (excluding diaryl/α,β-unsaturated/α-hetero) is 1. The average molecular weight is 276 g/mol. The summed E-state index contributed by atoms with van der Waals surface area (Å²) in [6.45, 7) is 3.14. The Hall–Kier alpha value is -0.690. The summed E-state index contributed by atoms with van der Waals surface area (Å²) in [6, 6.07) is 0.563. The lowest BCUT2D eigenvalue weighted by atomic mass is 10.1. The Balaban J connectivity index is 0.000000204. The molecule has 2 saturated heterocycles. The SMILES string of the molecule is [B]N1CC(NC)CC1C(C)=O.[B]NC1CNC(C=O)C1. The predicted molar refractivity (Wildman–Crippen MR) is 79.5 cm³/mol. The van der Waals surface area contributed by atoms with Crippen LogP contribution in [0.25, 0.3) is 0 Å². The molecule has 0 saturated carbocycles. The molecule has 0 aromatic carbocycles. The van der Waals surface area contributed by atoms with E-state index in [-0.39, 0.29) is 23.9 Å². The first-order valence-electron chi connectivity index (χ1n) is 6.85. The second-order valence-corrected chi connectivity index (χ2v) is 5.29. The Morgan fingerprint density at radius 3 is 2.40 bits per heavy atom. The van der Waals surface area contributed by atoms with Gasteiger partial charge in [0.15, 0.2) is 16.0 Å². The maximum absolute atomic E-state index is 11.0. The van der Waals surface area contributed by atoms with Crippen molar-refractivity contribution in [1.82, 2.24) is 20.7 Å². The van der Waals surface area contributed by atoms with Crippen molar-refractivity contribution in [3.63, 3.8) is 0 Å². The van der Waals surface area contributed by atoms with E-state index in [4.69, 9.17) is 16.0 Å². The molecule has 20 heavy (non-hydrogen) atoms. The number of nitrogens with zero attached hydrogens (tertiary/aromatic N) is 1. The van der Waals surface area contributed by atoms with Gasteiger partial charge in [-0.2, -0.15) is 0 Å². The summed E-state index contributed by atoms with van der Waals surface area (Å²) in [5.41, 5.74) is 0. The molecule has 4 unspecified atom stereocenters. The van der Waals surface area contributed by atoms with Crippen molar-refractivity contribution < 1.29 is 9.59 Å². The molecule has 2 aliphatic heterocycles. The summed E-state index contributed by atoms with van der Waals surface area (Å²) in [6.07, 6.45) is 2.56. The minimum absolute atomic E-state index is 0.00560. The fraction of sp³-hybridized carbons (Fsp3) is 0.833. The molecule has 0 aromatic rings. The Morgan fingerprint density at radius 1 is 1.40 bits per heavy atom. The van der Waals surface area contributed by atoms with E-state index in [1.54, 1.807) is 11.7 Å². The van der Waals surface area contributed by atoms with Crippen molar-refractivity contribution in [2.24, 2.45) is 0 Å². The van der Waals surface area contributed by atoms with Gasteiger partial charge in [-0.1, -0.05) is 0 Å². The van der Waals surface area contributed by atoms with Crippen LogP contribution in [0, 0.1) is 0 Å². The van der Waals surface area contributed by atoms with E-state index in [9.17, 15) is 9.59 Å². The number of nitrogens with one attached hydrogen (secondary N) is 3. The molecule has 108 valence electrons. The summed E-state index contributed by atoms with van der Waals surface area (Å²) in [4.78, 5) is 22.7. The molecular formula is C12H22B2N4O2. The number of hydrogen-bond donors (Lipinski definition) is 3. The van der Waals surface area contributed by atoms with E-state index in [0.717, 1.165) is 32.2 Å². The van der Waals surface area contributed by atoms with Crippen LogP contribution in [-0.4, -0.2) is 77.1 Å². The molecule has 2 aliphatic rings. The number of carbonyl (C=O) groups is 2. The molecule has 2 rings (SSSR count). The highest BCUT2D eigenvalue weighted by atomic mass is 16.1. The smallest absolute Gasteiger partial charge is 0.183 e. The summed E-state index contributed by atoms with van der Waals surface area (Å²) in [5, 5.41) is 8.71. The van der Waals surface area contributed by atoms with Crippen LogP contribution in [0.1, 0.15) is 19.8 Å². The summed E-state index contributed by atoms with van der Waals surface area (Å²) in [5.74, 6) is 0.158. The third-order valence-corrected chi connectivity index (χ3v) is 3.78. The number of ketones is 1. The van der Waals surface area contributed by atoms with E-state index in [0.29, 0.717) is 6.04 Å². The van der Waals surface area contributed by atoms with E-state index < -0.39 is 0 Å². The first-order valence-corrected chi connectivity index (χ1v) is 6.85. The lowest BCUT2D eigenvalue weighted by Crippen LogP contribution is -2.32. The quantitative estimate of drug-likeness (QED) is 0.404. The Labute approximate surface area is 123 Å². The van der Waals surface area contributed by atoms with Crippen molar-refractivity contribution in [3.05, 3.63) is 0 Å². The lowest BCUT2D eigenvalue weighted by molar-refractivity contribution is -0.120. The van der Waals surface area contributed by atoms with Crippen molar-refractivity contribution in [2.75, 3.05) is 20.1 Å². The van der Waals surface area contributed by atoms with Crippen LogP contribution in [0.15, 0.2) is 0 Å². The second-order valence-electron chi connectivity index (χ2n) is 5.29. The first kappa shape index (κ1) is 17.4. The van der Waals surface area contributed by atoms with Gasteiger partial charge in [-0.15, -0.1) is 0 Å². The molecule has 0 spiro atoms. The van der Waals surface area contributed by atoms with Crippen LogP contribution >= 0.6 is 0 Å². The molecule has 4 atom stereocenters. The van der Waals surface area contributed by atoms with Crippen LogP contribution in [0.2, 0.25) is 0 Å². The average Bonchev–Trinajstić information content (AvgIpc) is 3.05. The number of rotatable bonds is 4. The second kappa shape index (κ2) is 8.56. The van der Waals surface area contributed by atoms with E-state index in [1.165, 1.54) is 0 Å². The molecule has 2 heterocycles. The molecule has 0 amide bonds. The maximum Gasteiger partial charge on any atom is 0.183 e. The highest BCUT2D eigenvalue weighted by Crippen LogP contribution is 2.15. The molecule has 6 nitrogen and oxygen atoms in total. The fourth-order valence-corrected chi connectivity index (χ4v) is 2.47. The van der Waals surface area contributed by atoms with E-state index in [1.807, 2.05) is 7.05 Å². The van der Waals surface area contributed by atoms with Gasteiger partial charge in [-0.25, -0.2) is 0 Å². The van der Waals surface area contributed by atoms with Crippen LogP contribution < -0.4 is 15.9 Å². The molecule has 4 radical (unpaired) electrons. The first-order chi connectivity index (χ1) is 9.51. The van der Waals surface area contributed by atoms with Crippen molar-refractivity contribution in [2.45, 2.75) is 43.9 Å². The van der Waals surface area contributed by atoms with Crippen LogP contribution in [0.5, 0.6) is 0 Å². The number of likely N-dealkylation sites (N-methyl/N-ethyl adjacent to an activating group) is 1. The molecule has 0 bridgehead atoms. The van der Waals surface area contributed by atoms with Gasteiger partial charge in [-0.05, 0) is 26.8 Å². The minimum Gasteiger partial charge on any atom is -0.363 e. The number of aldehydes is 1. The molecule has 3 N–H and O–H groups in total. The Kier molecular flexibility index (Phi) is 7.43. The summed E-state index contributed by atoms with van der Waals surface area (Å²) in [7, 11) is 12.7. The van der Waals surface area contributed by atoms with Gasteiger partial charge in [0.05, 0.1) is 12.1 Å². The van der Waals surface area contributed by atoms with Gasteiger partial charge in [0.2, 0.25) is 0 Å². The van der Waals surface area contributed by atoms with Crippen LogP contribution in [0.3, 0.4) is 0 Å². The van der Waals surface area contributed by atoms with Gasteiger partial charge in [0.25, 0.3) is 0 Å². The standard InChI is InChI=1S/C7H13BN2O.C5H9BN2O/c1-5(11)7-3-6(9-2)4-10(7)8;6-8-4-1-5(3-9)7-2-4/h6-7,9H,3-4H2,1-2H3;3-5,7-8H,1-2H2. The topological polar surface area (TPSA) is 73.5 Å². The maximum atomic E-state index is 11.0. The molecule has 8 heteroatoms. The van der Waals surface area contributed by atoms with Gasteiger partial charge in [0.1, 0.15) is 12.1 Å². The number of hydrogen-bond acceptors (Lipinski definition) is 6. The van der Waals surface area contributed by atoms with Crippen LogP contribution in [0.4, 0.5) is 0 Å². The third-order valence-electron chi connectivity index (χ3n) is 3.78. The van der Waals surface area contributed by atoms with Crippen molar-refractivity contribution in [3.8, 4) is 0 Å². The van der Waals surface area contributed by atoms with Gasteiger partial charge < -0.3 is 25.5 Å². The van der Waals surface area contributed by atoms with Crippen molar-refractivity contribution >= 4 is 28.0 Å². The highest BCUT2D eigenvalue weighted by molar-refractivity contribution is 6.07. The summed E-state index contributed by atoms with van der Waals surface area (Å²) < 4.78 is 0. The molecule has 0 aromatic heterocycles. The van der Waals surface area contributed by atoms with Gasteiger partial charge >= 0.3 is 0 Å². The minimum atomic E-state index is -0.0764. The van der Waals surface area contributed by atoms with Gasteiger partial charge in [0, 0.05) is 25.2 Å². The normalized spacial score (nSPS) is 33.5. The van der Waals surface area contributed by atoms with Crippen molar-refractivity contribution in [1.29, 1.82) is 0 Å². The van der Waals surface area contributed by atoms with E-state index in [2.05, 4.69) is 15.9 Å². The zero-order valence-electron chi connectivity index (χ0n) is 12.1. The third kappa shape index (κ3) is 5.01. The zero-order chi connectivity index (χ0) is 15.1. The van der Waals surface area contributed by atoms with E-state index >= 15 is 0 Å². The highest BCUT2D eigenvalue weighted by Gasteiger charge is 2.30. The van der Waals surface area contributed by atoms with Gasteiger partial charge in [-0.3, -0.25) is 4.79 Å².